The summed E-state index contributed by atoms with van der Waals surface area (Å²) >= 11 is 0. The second kappa shape index (κ2) is 10.9. The van der Waals surface area contributed by atoms with Crippen LogP contribution in [0.25, 0.3) is 22.0 Å². The van der Waals surface area contributed by atoms with Crippen LogP contribution in [0.4, 0.5) is 26.2 Å². The number of nitrogens with one attached hydrogen (secondary N) is 2. The number of nitrogens with zero attached hydrogens (tertiary/aromatic N) is 5. The number of halogens is 2. The highest BCUT2D eigenvalue weighted by atomic mass is 19.1. The molecule has 1 amide bonds. The first kappa shape index (κ1) is 26.3. The lowest BCUT2D eigenvalue weighted by Crippen LogP contribution is -2.44. The van der Waals surface area contributed by atoms with Crippen molar-refractivity contribution < 1.29 is 13.6 Å². The first-order chi connectivity index (χ1) is 19.8. The molecule has 3 aromatic carbocycles. The number of aromatic nitrogens is 4. The third-order valence-corrected chi connectivity index (χ3v) is 7.32. The summed E-state index contributed by atoms with van der Waals surface area (Å²) in [4.78, 5) is 25.9. The van der Waals surface area contributed by atoms with E-state index in [1.54, 1.807) is 24.5 Å². The number of carbonyl (C=O) groups excluding carboxylic acids is 1. The molecule has 0 saturated carbocycles. The fourth-order valence-electron chi connectivity index (χ4n) is 5.10. The van der Waals surface area contributed by atoms with Gasteiger partial charge in [-0.3, -0.25) is 9.89 Å². The molecule has 0 aliphatic carbocycles. The second-order valence-electron chi connectivity index (χ2n) is 10.2. The zero-order chi connectivity index (χ0) is 28.5. The summed E-state index contributed by atoms with van der Waals surface area (Å²) in [6, 6.07) is 14.6. The summed E-state index contributed by atoms with van der Waals surface area (Å²) in [5.74, 6) is -1.14. The van der Waals surface area contributed by atoms with E-state index < -0.39 is 11.6 Å². The first-order valence-corrected chi connectivity index (χ1v) is 13.2. The highest BCUT2D eigenvalue weighted by molar-refractivity contribution is 6.08. The molecule has 0 spiro atoms. The van der Waals surface area contributed by atoms with E-state index in [1.165, 1.54) is 12.1 Å². The van der Waals surface area contributed by atoms with Crippen molar-refractivity contribution in [3.8, 4) is 11.1 Å². The molecule has 1 aliphatic heterocycles. The third kappa shape index (κ3) is 5.71. The largest absolute Gasteiger partial charge is 0.369 e. The van der Waals surface area contributed by atoms with Crippen molar-refractivity contribution in [2.45, 2.75) is 6.42 Å². The Hall–Kier alpha value is -4.90. The Morgan fingerprint density at radius 1 is 0.976 bits per heavy atom. The number of anilines is 3. The van der Waals surface area contributed by atoms with E-state index in [0.29, 0.717) is 33.4 Å². The van der Waals surface area contributed by atoms with Crippen LogP contribution >= 0.6 is 0 Å². The van der Waals surface area contributed by atoms with Crippen molar-refractivity contribution in [3.05, 3.63) is 95.3 Å². The molecular formula is C30H28F2N8O. The lowest BCUT2D eigenvalue weighted by atomic mass is 9.94. The van der Waals surface area contributed by atoms with Gasteiger partial charge in [0.05, 0.1) is 5.52 Å². The molecule has 0 atom stereocenters. The Balaban J connectivity index is 1.30. The van der Waals surface area contributed by atoms with Crippen LogP contribution in [0, 0.1) is 11.6 Å². The molecule has 5 aromatic rings. The summed E-state index contributed by atoms with van der Waals surface area (Å²) in [6.45, 7) is 3.88. The predicted octanol–water partition coefficient (Wildman–Crippen LogP) is 4.48. The van der Waals surface area contributed by atoms with E-state index in [4.69, 9.17) is 5.73 Å². The molecule has 3 heterocycles. The zero-order valence-corrected chi connectivity index (χ0v) is 22.4. The summed E-state index contributed by atoms with van der Waals surface area (Å²) in [5.41, 5.74) is 10.5. The lowest BCUT2D eigenvalue weighted by molar-refractivity contribution is 0.102. The maximum absolute atomic E-state index is 14.0. The SMILES string of the molecule is CN1CCN(c2ccc(C(=O)Nc3n[nH]c4cc(-c5cnc(N)nc5)c(Cc5cc(F)cc(F)c5)cc34)cc2)CC1. The average molecular weight is 555 g/mol. The fraction of sp³-hybridized carbons (Fsp3) is 0.200. The molecule has 1 aliphatic rings. The van der Waals surface area contributed by atoms with Crippen LogP contribution in [0.2, 0.25) is 0 Å². The molecule has 1 saturated heterocycles. The van der Waals surface area contributed by atoms with E-state index in [2.05, 4.69) is 42.3 Å². The van der Waals surface area contributed by atoms with Gasteiger partial charge < -0.3 is 20.9 Å². The number of aromatic amines is 1. The normalized spacial score (nSPS) is 14.0. The summed E-state index contributed by atoms with van der Waals surface area (Å²) in [7, 11) is 2.11. The number of hydrogen-bond acceptors (Lipinski definition) is 7. The molecule has 1 fully saturated rings. The molecule has 9 nitrogen and oxygen atoms in total. The number of hydrogen-bond donors (Lipinski definition) is 3. The van der Waals surface area contributed by atoms with Gasteiger partial charge in [0.1, 0.15) is 11.6 Å². The van der Waals surface area contributed by atoms with Gasteiger partial charge in [0.25, 0.3) is 5.91 Å². The lowest BCUT2D eigenvalue weighted by Gasteiger charge is -2.34. The number of nitrogen functional groups attached to an aromatic ring is 1. The standard InChI is InChI=1S/C30H28F2N8O/c1-39-6-8-40(9-7-39)24-4-2-19(3-5-24)29(41)36-28-26-13-20(10-18-11-22(31)14-23(32)12-18)25(15-27(26)37-38-28)21-16-34-30(33)35-17-21/h2-5,11-17H,6-10H2,1H3,(H2,33,34,35)(H2,36,37,38,41). The number of likely N-dealkylation sites (N-methyl/N-ethyl adjacent to an activating group) is 1. The quantitative estimate of drug-likeness (QED) is 0.284. The molecule has 41 heavy (non-hydrogen) atoms. The zero-order valence-electron chi connectivity index (χ0n) is 22.4. The Morgan fingerprint density at radius 3 is 2.34 bits per heavy atom. The van der Waals surface area contributed by atoms with Crippen LogP contribution in [0.1, 0.15) is 21.5 Å². The molecule has 208 valence electrons. The maximum atomic E-state index is 14.0. The molecule has 0 radical (unpaired) electrons. The van der Waals surface area contributed by atoms with Gasteiger partial charge in [-0.15, -0.1) is 0 Å². The summed E-state index contributed by atoms with van der Waals surface area (Å²) in [6.07, 6.45) is 3.39. The van der Waals surface area contributed by atoms with E-state index in [-0.39, 0.29) is 18.3 Å². The Bertz CT molecular complexity index is 1690. The predicted molar refractivity (Wildman–Crippen MR) is 155 cm³/mol. The first-order valence-electron chi connectivity index (χ1n) is 13.2. The molecule has 11 heteroatoms. The van der Waals surface area contributed by atoms with Crippen molar-refractivity contribution in [1.29, 1.82) is 0 Å². The molecular weight excluding hydrogens is 526 g/mol. The van der Waals surface area contributed by atoms with Crippen LogP contribution in [0.15, 0.2) is 67.0 Å². The van der Waals surface area contributed by atoms with Gasteiger partial charge in [-0.05, 0) is 78.7 Å². The van der Waals surface area contributed by atoms with Crippen LogP contribution in [-0.4, -0.2) is 64.2 Å². The fourth-order valence-corrected chi connectivity index (χ4v) is 5.10. The highest BCUT2D eigenvalue weighted by Crippen LogP contribution is 2.32. The number of benzene rings is 3. The van der Waals surface area contributed by atoms with E-state index in [1.807, 2.05) is 24.3 Å². The average Bonchev–Trinajstić information content (AvgIpc) is 3.34. The van der Waals surface area contributed by atoms with E-state index in [9.17, 15) is 13.6 Å². The van der Waals surface area contributed by atoms with Crippen LogP contribution in [-0.2, 0) is 6.42 Å². The number of piperazine rings is 1. The Morgan fingerprint density at radius 2 is 1.66 bits per heavy atom. The number of carbonyl (C=O) groups is 1. The van der Waals surface area contributed by atoms with Gasteiger partial charge in [0, 0.05) is 66.8 Å². The number of rotatable bonds is 6. The van der Waals surface area contributed by atoms with Crippen molar-refractivity contribution in [3.63, 3.8) is 0 Å². The minimum Gasteiger partial charge on any atom is -0.369 e. The minimum absolute atomic E-state index is 0.131. The molecule has 0 unspecified atom stereocenters. The van der Waals surface area contributed by atoms with Gasteiger partial charge in [-0.2, -0.15) is 5.10 Å². The second-order valence-corrected chi connectivity index (χ2v) is 10.2. The maximum Gasteiger partial charge on any atom is 0.256 e. The van der Waals surface area contributed by atoms with Crippen molar-refractivity contribution in [2.24, 2.45) is 0 Å². The topological polar surface area (TPSA) is 116 Å². The molecule has 0 bridgehead atoms. The van der Waals surface area contributed by atoms with Gasteiger partial charge in [-0.1, -0.05) is 0 Å². The smallest absolute Gasteiger partial charge is 0.256 e. The summed E-state index contributed by atoms with van der Waals surface area (Å²) in [5, 5.41) is 10.9. The molecule has 6 rings (SSSR count). The van der Waals surface area contributed by atoms with Crippen molar-refractivity contribution in [2.75, 3.05) is 49.2 Å². The van der Waals surface area contributed by atoms with Crippen LogP contribution in [0.3, 0.4) is 0 Å². The number of fused-ring (bicyclic) bond motifs is 1. The van der Waals surface area contributed by atoms with Crippen molar-refractivity contribution in [1.82, 2.24) is 25.1 Å². The minimum atomic E-state index is -0.659. The van der Waals surface area contributed by atoms with E-state index in [0.717, 1.165) is 49.1 Å². The monoisotopic (exact) mass is 554 g/mol. The third-order valence-electron chi connectivity index (χ3n) is 7.32. The molecule has 4 N–H and O–H groups in total. The number of nitrogens with two attached hydrogens (primary N) is 1. The van der Waals surface area contributed by atoms with Gasteiger partial charge >= 0.3 is 0 Å². The van der Waals surface area contributed by atoms with Crippen LogP contribution in [0.5, 0.6) is 0 Å². The van der Waals surface area contributed by atoms with Crippen molar-refractivity contribution >= 4 is 34.3 Å². The summed E-state index contributed by atoms with van der Waals surface area (Å²) < 4.78 is 28.0. The van der Waals surface area contributed by atoms with Crippen LogP contribution < -0.4 is 16.0 Å². The Kier molecular flexibility index (Phi) is 7.02. The Labute approximate surface area is 235 Å². The number of amides is 1. The van der Waals surface area contributed by atoms with Gasteiger partial charge in [0.2, 0.25) is 5.95 Å². The number of H-pyrrole nitrogens is 1. The molecule has 2 aromatic heterocycles. The highest BCUT2D eigenvalue weighted by Gasteiger charge is 2.18. The van der Waals surface area contributed by atoms with E-state index >= 15 is 0 Å². The van der Waals surface area contributed by atoms with Gasteiger partial charge in [-0.25, -0.2) is 18.7 Å². The van der Waals surface area contributed by atoms with Gasteiger partial charge in [0.15, 0.2) is 5.82 Å².